The summed E-state index contributed by atoms with van der Waals surface area (Å²) in [6.45, 7) is 14.1. The number of nitrogens with zero attached hydrogens (tertiary/aromatic N) is 1. The zero-order valence-corrected chi connectivity index (χ0v) is 11.0. The molecule has 0 aromatic rings. The number of piperidine rings is 1. The maximum absolute atomic E-state index is 3.58. The van der Waals surface area contributed by atoms with Crippen molar-refractivity contribution in [3.8, 4) is 0 Å². The largest absolute Gasteiger partial charge is 0.315 e. The molecule has 0 aliphatic carbocycles. The maximum atomic E-state index is 3.58. The van der Waals surface area contributed by atoms with Gasteiger partial charge < -0.3 is 5.32 Å². The van der Waals surface area contributed by atoms with Crippen LogP contribution >= 0.6 is 0 Å². The molecule has 15 heavy (non-hydrogen) atoms. The van der Waals surface area contributed by atoms with Gasteiger partial charge in [0.2, 0.25) is 0 Å². The van der Waals surface area contributed by atoms with Crippen LogP contribution in [0.5, 0.6) is 0 Å². The Morgan fingerprint density at radius 2 is 1.73 bits per heavy atom. The van der Waals surface area contributed by atoms with Crippen molar-refractivity contribution in [2.24, 2.45) is 5.41 Å². The Morgan fingerprint density at radius 1 is 1.13 bits per heavy atom. The van der Waals surface area contributed by atoms with Crippen LogP contribution in [0.2, 0.25) is 0 Å². The third-order valence-corrected chi connectivity index (χ3v) is 3.11. The lowest BCUT2D eigenvalue weighted by Gasteiger charge is -2.33. The lowest BCUT2D eigenvalue weighted by atomic mass is 9.97. The highest BCUT2D eigenvalue weighted by Crippen LogP contribution is 2.13. The van der Waals surface area contributed by atoms with E-state index in [-0.39, 0.29) is 0 Å². The molecule has 1 unspecified atom stereocenters. The van der Waals surface area contributed by atoms with Crippen LogP contribution in [0, 0.1) is 5.41 Å². The first kappa shape index (κ1) is 13.0. The molecular formula is C13H28N2. The Bertz CT molecular complexity index is 166. The number of likely N-dealkylation sites (tertiary alicyclic amines) is 1. The fourth-order valence-corrected chi connectivity index (χ4v) is 2.14. The van der Waals surface area contributed by atoms with Gasteiger partial charge in [0.25, 0.3) is 0 Å². The fraction of sp³-hybridized carbons (Fsp3) is 1.00. The van der Waals surface area contributed by atoms with E-state index < -0.39 is 0 Å². The SMILES string of the molecule is CC(CNCC(C)(C)C)N1CCCCC1. The van der Waals surface area contributed by atoms with Gasteiger partial charge in [0, 0.05) is 19.1 Å². The summed E-state index contributed by atoms with van der Waals surface area (Å²) in [4.78, 5) is 2.62. The summed E-state index contributed by atoms with van der Waals surface area (Å²) >= 11 is 0. The molecule has 1 aliphatic rings. The van der Waals surface area contributed by atoms with Gasteiger partial charge in [-0.05, 0) is 38.3 Å². The Labute approximate surface area is 95.4 Å². The quantitative estimate of drug-likeness (QED) is 0.770. The molecule has 0 spiro atoms. The Hall–Kier alpha value is -0.0800. The van der Waals surface area contributed by atoms with E-state index in [0.29, 0.717) is 11.5 Å². The molecule has 1 atom stereocenters. The monoisotopic (exact) mass is 212 g/mol. The fourth-order valence-electron chi connectivity index (χ4n) is 2.14. The number of hydrogen-bond acceptors (Lipinski definition) is 2. The van der Waals surface area contributed by atoms with E-state index in [4.69, 9.17) is 0 Å². The van der Waals surface area contributed by atoms with Gasteiger partial charge >= 0.3 is 0 Å². The van der Waals surface area contributed by atoms with Crippen molar-refractivity contribution in [1.82, 2.24) is 10.2 Å². The lowest BCUT2D eigenvalue weighted by Crippen LogP contribution is -2.44. The average Bonchev–Trinajstić information content (AvgIpc) is 2.17. The van der Waals surface area contributed by atoms with E-state index in [2.05, 4.69) is 37.9 Å². The third-order valence-electron chi connectivity index (χ3n) is 3.11. The first-order chi connectivity index (χ1) is 6.99. The molecule has 0 saturated carbocycles. The molecule has 1 heterocycles. The average molecular weight is 212 g/mol. The van der Waals surface area contributed by atoms with Crippen molar-refractivity contribution < 1.29 is 0 Å². The number of rotatable bonds is 4. The van der Waals surface area contributed by atoms with E-state index in [1.54, 1.807) is 0 Å². The molecule has 2 nitrogen and oxygen atoms in total. The van der Waals surface area contributed by atoms with E-state index in [1.807, 2.05) is 0 Å². The van der Waals surface area contributed by atoms with Crippen LogP contribution in [0.3, 0.4) is 0 Å². The predicted molar refractivity (Wildman–Crippen MR) is 67.2 cm³/mol. The normalized spacial score (nSPS) is 21.6. The second-order valence-electron chi connectivity index (χ2n) is 6.14. The molecule has 1 N–H and O–H groups in total. The zero-order chi connectivity index (χ0) is 11.3. The molecule has 0 amide bonds. The van der Waals surface area contributed by atoms with Gasteiger partial charge in [0.05, 0.1) is 0 Å². The van der Waals surface area contributed by atoms with Crippen LogP contribution in [0.1, 0.15) is 47.0 Å². The summed E-state index contributed by atoms with van der Waals surface area (Å²) in [6.07, 6.45) is 4.21. The summed E-state index contributed by atoms with van der Waals surface area (Å²) in [5.41, 5.74) is 0.404. The summed E-state index contributed by atoms with van der Waals surface area (Å²) in [7, 11) is 0. The maximum Gasteiger partial charge on any atom is 0.0192 e. The Kier molecular flexibility index (Phi) is 5.07. The summed E-state index contributed by atoms with van der Waals surface area (Å²) in [5, 5.41) is 3.58. The van der Waals surface area contributed by atoms with E-state index >= 15 is 0 Å². The molecule has 0 aromatic heterocycles. The molecule has 1 aliphatic heterocycles. The topological polar surface area (TPSA) is 15.3 Å². The van der Waals surface area contributed by atoms with E-state index in [0.717, 1.165) is 13.1 Å². The van der Waals surface area contributed by atoms with Gasteiger partial charge in [0.1, 0.15) is 0 Å². The molecule has 1 rings (SSSR count). The van der Waals surface area contributed by atoms with Gasteiger partial charge in [-0.1, -0.05) is 27.2 Å². The molecule has 0 radical (unpaired) electrons. The van der Waals surface area contributed by atoms with E-state index in [9.17, 15) is 0 Å². The van der Waals surface area contributed by atoms with Crippen LogP contribution in [-0.4, -0.2) is 37.1 Å². The summed E-state index contributed by atoms with van der Waals surface area (Å²) in [5.74, 6) is 0. The van der Waals surface area contributed by atoms with Crippen molar-refractivity contribution in [2.45, 2.75) is 53.0 Å². The summed E-state index contributed by atoms with van der Waals surface area (Å²) in [6, 6.07) is 0.702. The van der Waals surface area contributed by atoms with Crippen LogP contribution in [-0.2, 0) is 0 Å². The van der Waals surface area contributed by atoms with Crippen molar-refractivity contribution in [1.29, 1.82) is 0 Å². The standard InChI is InChI=1S/C13H28N2/c1-12(10-14-11-13(2,3)4)15-8-6-5-7-9-15/h12,14H,5-11H2,1-4H3. The highest BCUT2D eigenvalue weighted by atomic mass is 15.2. The molecule has 2 heteroatoms. The minimum atomic E-state index is 0.404. The second kappa shape index (κ2) is 5.86. The summed E-state index contributed by atoms with van der Waals surface area (Å²) < 4.78 is 0. The van der Waals surface area contributed by atoms with Crippen molar-refractivity contribution >= 4 is 0 Å². The van der Waals surface area contributed by atoms with Crippen molar-refractivity contribution in [2.75, 3.05) is 26.2 Å². The molecule has 0 aromatic carbocycles. The van der Waals surface area contributed by atoms with Crippen LogP contribution in [0.4, 0.5) is 0 Å². The van der Waals surface area contributed by atoms with Crippen LogP contribution in [0.15, 0.2) is 0 Å². The zero-order valence-electron chi connectivity index (χ0n) is 11.0. The number of hydrogen-bond donors (Lipinski definition) is 1. The predicted octanol–water partition coefficient (Wildman–Crippen LogP) is 2.50. The van der Waals surface area contributed by atoms with E-state index in [1.165, 1.54) is 32.4 Å². The smallest absolute Gasteiger partial charge is 0.0192 e. The molecule has 1 saturated heterocycles. The lowest BCUT2D eigenvalue weighted by molar-refractivity contribution is 0.168. The Balaban J connectivity index is 2.14. The van der Waals surface area contributed by atoms with Crippen molar-refractivity contribution in [3.63, 3.8) is 0 Å². The van der Waals surface area contributed by atoms with Gasteiger partial charge in [-0.25, -0.2) is 0 Å². The second-order valence-corrected chi connectivity index (χ2v) is 6.14. The van der Waals surface area contributed by atoms with Gasteiger partial charge in [-0.2, -0.15) is 0 Å². The number of nitrogens with one attached hydrogen (secondary N) is 1. The molecule has 90 valence electrons. The highest BCUT2D eigenvalue weighted by Gasteiger charge is 2.17. The van der Waals surface area contributed by atoms with Crippen LogP contribution in [0.25, 0.3) is 0 Å². The minimum absolute atomic E-state index is 0.404. The Morgan fingerprint density at radius 3 is 2.27 bits per heavy atom. The minimum Gasteiger partial charge on any atom is -0.315 e. The van der Waals surface area contributed by atoms with Gasteiger partial charge in [-0.15, -0.1) is 0 Å². The van der Waals surface area contributed by atoms with Crippen LogP contribution < -0.4 is 5.32 Å². The first-order valence-corrected chi connectivity index (χ1v) is 6.44. The highest BCUT2D eigenvalue weighted by molar-refractivity contribution is 4.74. The van der Waals surface area contributed by atoms with Gasteiger partial charge in [0.15, 0.2) is 0 Å². The molecule has 0 bridgehead atoms. The van der Waals surface area contributed by atoms with Crippen molar-refractivity contribution in [3.05, 3.63) is 0 Å². The molecular weight excluding hydrogens is 184 g/mol. The van der Waals surface area contributed by atoms with Gasteiger partial charge in [-0.3, -0.25) is 4.90 Å². The third kappa shape index (κ3) is 5.53. The first-order valence-electron chi connectivity index (χ1n) is 6.44. The molecule has 1 fully saturated rings.